The lowest BCUT2D eigenvalue weighted by molar-refractivity contribution is 0.0485. The Kier molecular flexibility index (Phi) is 3.99. The maximum atomic E-state index is 5.88. The van der Waals surface area contributed by atoms with Crippen LogP contribution in [0.2, 0.25) is 0 Å². The van der Waals surface area contributed by atoms with Crippen molar-refractivity contribution in [1.29, 1.82) is 0 Å². The maximum Gasteiger partial charge on any atom is 0.111 e. The Hall–Kier alpha value is -1.13. The minimum absolute atomic E-state index is 0.577. The summed E-state index contributed by atoms with van der Waals surface area (Å²) in [7, 11) is 0. The Morgan fingerprint density at radius 3 is 3.21 bits per heavy atom. The Bertz CT molecular complexity index is 549. The number of imidazole rings is 1. The van der Waals surface area contributed by atoms with E-state index in [1.54, 1.807) is 0 Å². The van der Waals surface area contributed by atoms with Gasteiger partial charge in [-0.1, -0.05) is 0 Å². The third kappa shape index (κ3) is 2.74. The third-order valence-electron chi connectivity index (χ3n) is 3.64. The summed E-state index contributed by atoms with van der Waals surface area (Å²) in [6, 6.07) is 2.03. The molecule has 2 aromatic rings. The van der Waals surface area contributed by atoms with Crippen LogP contribution in [0, 0.1) is 5.92 Å². The van der Waals surface area contributed by atoms with Gasteiger partial charge in [-0.2, -0.15) is 0 Å². The molecule has 1 saturated heterocycles. The second-order valence-electron chi connectivity index (χ2n) is 5.03. The van der Waals surface area contributed by atoms with Crippen LogP contribution in [0.4, 0.5) is 0 Å². The number of aromatic nitrogens is 3. The summed E-state index contributed by atoms with van der Waals surface area (Å²) >= 11 is 5.88. The van der Waals surface area contributed by atoms with Gasteiger partial charge >= 0.3 is 0 Å². The highest BCUT2D eigenvalue weighted by Gasteiger charge is 2.18. The predicted molar refractivity (Wildman–Crippen MR) is 75.5 cm³/mol. The van der Waals surface area contributed by atoms with E-state index in [0.29, 0.717) is 11.8 Å². The van der Waals surface area contributed by atoms with Crippen LogP contribution in [0.15, 0.2) is 18.5 Å². The van der Waals surface area contributed by atoms with Crippen LogP contribution < -0.4 is 0 Å². The highest BCUT2D eigenvalue weighted by molar-refractivity contribution is 6.17. The molecule has 0 N–H and O–H groups in total. The number of nitrogens with zero attached hydrogens (tertiary/aromatic N) is 3. The molecular formula is C14H18ClN3O. The first-order chi connectivity index (χ1) is 9.38. The van der Waals surface area contributed by atoms with E-state index >= 15 is 0 Å². The van der Waals surface area contributed by atoms with Crippen LogP contribution in [0.25, 0.3) is 11.0 Å². The summed E-state index contributed by atoms with van der Waals surface area (Å²) in [6.07, 6.45) is 6.82. The molecule has 5 heteroatoms. The van der Waals surface area contributed by atoms with E-state index in [4.69, 9.17) is 16.3 Å². The zero-order chi connectivity index (χ0) is 13.1. The summed E-state index contributed by atoms with van der Waals surface area (Å²) in [5.74, 6) is 2.23. The molecule has 4 nitrogen and oxygen atoms in total. The van der Waals surface area contributed by atoms with Gasteiger partial charge in [-0.05, 0) is 18.9 Å². The van der Waals surface area contributed by atoms with Gasteiger partial charge in [0.15, 0.2) is 0 Å². The van der Waals surface area contributed by atoms with E-state index in [1.165, 1.54) is 6.42 Å². The zero-order valence-electron chi connectivity index (χ0n) is 10.9. The molecule has 1 aliphatic rings. The molecule has 0 spiro atoms. The number of ether oxygens (including phenoxy) is 1. The van der Waals surface area contributed by atoms with E-state index in [1.807, 2.05) is 18.5 Å². The van der Waals surface area contributed by atoms with Crippen LogP contribution >= 0.6 is 11.6 Å². The average molecular weight is 280 g/mol. The lowest BCUT2D eigenvalue weighted by atomic mass is 10.0. The largest absolute Gasteiger partial charge is 0.381 e. The molecule has 1 fully saturated rings. The Labute approximate surface area is 117 Å². The van der Waals surface area contributed by atoms with E-state index in [-0.39, 0.29) is 0 Å². The van der Waals surface area contributed by atoms with Crippen LogP contribution in [-0.4, -0.2) is 33.6 Å². The molecule has 0 radical (unpaired) electrons. The van der Waals surface area contributed by atoms with Gasteiger partial charge in [-0.15, -0.1) is 11.6 Å². The molecule has 1 aliphatic heterocycles. The highest BCUT2D eigenvalue weighted by Crippen LogP contribution is 2.21. The first-order valence-corrected chi connectivity index (χ1v) is 7.35. The van der Waals surface area contributed by atoms with Crippen molar-refractivity contribution < 1.29 is 4.74 Å². The fourth-order valence-corrected chi connectivity index (χ4v) is 2.89. The lowest BCUT2D eigenvalue weighted by Crippen LogP contribution is -2.23. The molecule has 0 aliphatic carbocycles. The van der Waals surface area contributed by atoms with Gasteiger partial charge in [-0.25, -0.2) is 4.98 Å². The predicted octanol–water partition coefficient (Wildman–Crippen LogP) is 2.64. The van der Waals surface area contributed by atoms with Crippen molar-refractivity contribution in [3.63, 3.8) is 0 Å². The van der Waals surface area contributed by atoms with Gasteiger partial charge in [0.2, 0.25) is 0 Å². The fourth-order valence-electron chi connectivity index (χ4n) is 2.72. The molecule has 102 valence electrons. The van der Waals surface area contributed by atoms with Crippen LogP contribution in [0.5, 0.6) is 0 Å². The fraction of sp³-hybridized carbons (Fsp3) is 0.571. The van der Waals surface area contributed by atoms with Crippen LogP contribution in [0.3, 0.4) is 0 Å². The van der Waals surface area contributed by atoms with Crippen molar-refractivity contribution in [1.82, 2.24) is 14.5 Å². The smallest absolute Gasteiger partial charge is 0.111 e. The molecule has 0 saturated carbocycles. The molecular weight excluding hydrogens is 262 g/mol. The molecule has 0 aromatic carbocycles. The monoisotopic (exact) mass is 279 g/mol. The number of fused-ring (bicyclic) bond motifs is 1. The van der Waals surface area contributed by atoms with Crippen molar-refractivity contribution in [2.75, 3.05) is 19.1 Å². The van der Waals surface area contributed by atoms with E-state index in [0.717, 1.165) is 49.5 Å². The second-order valence-corrected chi connectivity index (χ2v) is 5.40. The van der Waals surface area contributed by atoms with E-state index < -0.39 is 0 Å². The molecule has 1 atom stereocenters. The van der Waals surface area contributed by atoms with Gasteiger partial charge in [0.25, 0.3) is 0 Å². The van der Waals surface area contributed by atoms with E-state index in [9.17, 15) is 0 Å². The molecule has 19 heavy (non-hydrogen) atoms. The standard InChI is InChI=1S/C14H18ClN3O/c15-5-3-14-17-12-8-16-6-4-13(12)18(14)9-11-2-1-7-19-10-11/h4,6,8,11H,1-3,5,7,9-10H2. The molecule has 0 amide bonds. The second kappa shape index (κ2) is 5.88. The van der Waals surface area contributed by atoms with Crippen molar-refractivity contribution >= 4 is 22.6 Å². The number of rotatable bonds is 4. The molecule has 0 bridgehead atoms. The number of aryl methyl sites for hydroxylation is 1. The summed E-state index contributed by atoms with van der Waals surface area (Å²) in [5.41, 5.74) is 2.11. The Balaban J connectivity index is 1.92. The third-order valence-corrected chi connectivity index (χ3v) is 3.83. The zero-order valence-corrected chi connectivity index (χ0v) is 11.6. The molecule has 1 unspecified atom stereocenters. The van der Waals surface area contributed by atoms with Crippen molar-refractivity contribution in [2.24, 2.45) is 5.92 Å². The van der Waals surface area contributed by atoms with Crippen molar-refractivity contribution in [2.45, 2.75) is 25.8 Å². The normalized spacial score (nSPS) is 19.9. The number of pyridine rings is 1. The highest BCUT2D eigenvalue weighted by atomic mass is 35.5. The van der Waals surface area contributed by atoms with Gasteiger partial charge in [0, 0.05) is 37.6 Å². The Morgan fingerprint density at radius 2 is 2.42 bits per heavy atom. The number of hydrogen-bond donors (Lipinski definition) is 0. The number of halogens is 1. The van der Waals surface area contributed by atoms with E-state index in [2.05, 4.69) is 14.5 Å². The minimum atomic E-state index is 0.577. The number of alkyl halides is 1. The number of hydrogen-bond acceptors (Lipinski definition) is 3. The maximum absolute atomic E-state index is 5.88. The SMILES string of the molecule is ClCCc1nc2cnccc2n1CC1CCCOC1. The van der Waals surface area contributed by atoms with Crippen molar-refractivity contribution in [3.8, 4) is 0 Å². The topological polar surface area (TPSA) is 39.9 Å². The first kappa shape index (κ1) is 12.9. The van der Waals surface area contributed by atoms with Gasteiger partial charge in [0.1, 0.15) is 11.3 Å². The average Bonchev–Trinajstić information content (AvgIpc) is 2.79. The summed E-state index contributed by atoms with van der Waals surface area (Å²) in [5, 5.41) is 0. The molecule has 2 aromatic heterocycles. The minimum Gasteiger partial charge on any atom is -0.381 e. The Morgan fingerprint density at radius 1 is 1.47 bits per heavy atom. The van der Waals surface area contributed by atoms with Gasteiger partial charge in [0.05, 0.1) is 18.3 Å². The summed E-state index contributed by atoms with van der Waals surface area (Å²) < 4.78 is 7.86. The molecule has 3 rings (SSSR count). The van der Waals surface area contributed by atoms with Gasteiger partial charge in [-0.3, -0.25) is 4.98 Å². The summed E-state index contributed by atoms with van der Waals surface area (Å²) in [4.78, 5) is 8.78. The lowest BCUT2D eigenvalue weighted by Gasteiger charge is -2.23. The molecule has 3 heterocycles. The van der Waals surface area contributed by atoms with Gasteiger partial charge < -0.3 is 9.30 Å². The van der Waals surface area contributed by atoms with Crippen molar-refractivity contribution in [3.05, 3.63) is 24.3 Å². The summed E-state index contributed by atoms with van der Waals surface area (Å²) in [6.45, 7) is 2.72. The van der Waals surface area contributed by atoms with Crippen LogP contribution in [0.1, 0.15) is 18.7 Å². The first-order valence-electron chi connectivity index (χ1n) is 6.81. The quantitative estimate of drug-likeness (QED) is 0.808. The van der Waals surface area contributed by atoms with Crippen LogP contribution in [-0.2, 0) is 17.7 Å².